The summed E-state index contributed by atoms with van der Waals surface area (Å²) >= 11 is 13.3. The molecule has 28 heavy (non-hydrogen) atoms. The van der Waals surface area contributed by atoms with Crippen LogP contribution in [0.3, 0.4) is 0 Å². The van der Waals surface area contributed by atoms with Crippen LogP contribution < -0.4 is 5.32 Å². The number of halogens is 3. The Hall–Kier alpha value is -2.54. The van der Waals surface area contributed by atoms with E-state index in [0.717, 1.165) is 5.56 Å². The van der Waals surface area contributed by atoms with Gasteiger partial charge in [-0.15, -0.1) is 0 Å². The Bertz CT molecular complexity index is 1120. The lowest BCUT2D eigenvalue weighted by Crippen LogP contribution is -2.19. The van der Waals surface area contributed by atoms with E-state index in [1.165, 1.54) is 23.9 Å². The number of hydrogen-bond donors (Lipinski definition) is 1. The van der Waals surface area contributed by atoms with Crippen molar-refractivity contribution in [3.63, 3.8) is 0 Å². The van der Waals surface area contributed by atoms with Crippen LogP contribution in [0.1, 0.15) is 5.76 Å². The average molecular weight is 433 g/mol. The molecule has 8 heteroatoms. The second-order valence-electron chi connectivity index (χ2n) is 5.76. The summed E-state index contributed by atoms with van der Waals surface area (Å²) in [5, 5.41) is 3.78. The molecule has 1 fully saturated rings. The summed E-state index contributed by atoms with van der Waals surface area (Å²) in [6, 6.07) is 14.6. The molecular weight excluding hydrogens is 422 g/mol. The molecule has 4 nitrogen and oxygen atoms in total. The second kappa shape index (κ2) is 7.83. The highest BCUT2D eigenvalue weighted by molar-refractivity contribution is 8.18. The van der Waals surface area contributed by atoms with Crippen molar-refractivity contribution in [1.29, 1.82) is 0 Å². The number of amidine groups is 1. The van der Waals surface area contributed by atoms with E-state index in [9.17, 15) is 9.18 Å². The number of aliphatic imine (C=N–C) groups is 1. The van der Waals surface area contributed by atoms with Crippen LogP contribution in [-0.2, 0) is 4.79 Å². The lowest BCUT2D eigenvalue weighted by molar-refractivity contribution is -0.115. The zero-order valence-electron chi connectivity index (χ0n) is 14.1. The second-order valence-corrected chi connectivity index (χ2v) is 7.58. The van der Waals surface area contributed by atoms with Crippen molar-refractivity contribution in [1.82, 2.24) is 5.32 Å². The summed E-state index contributed by atoms with van der Waals surface area (Å²) in [5.74, 6) is 0.471. The smallest absolute Gasteiger partial charge is 0.264 e. The van der Waals surface area contributed by atoms with Crippen LogP contribution in [0.5, 0.6) is 0 Å². The molecule has 4 rings (SSSR count). The maximum Gasteiger partial charge on any atom is 0.264 e. The maximum atomic E-state index is 13.0. The minimum Gasteiger partial charge on any atom is -0.457 e. The van der Waals surface area contributed by atoms with Gasteiger partial charge in [0.15, 0.2) is 5.17 Å². The summed E-state index contributed by atoms with van der Waals surface area (Å²) in [7, 11) is 0. The minimum atomic E-state index is -0.316. The third-order valence-electron chi connectivity index (χ3n) is 3.83. The SMILES string of the molecule is O=C1NC(=Nc2cccc(Cl)c2Cl)S/C1=C\c1ccc(-c2ccc(F)cc2)o1. The molecule has 0 aliphatic carbocycles. The summed E-state index contributed by atoms with van der Waals surface area (Å²) in [6.45, 7) is 0. The summed E-state index contributed by atoms with van der Waals surface area (Å²) in [5.41, 5.74) is 1.21. The van der Waals surface area contributed by atoms with Gasteiger partial charge < -0.3 is 9.73 Å². The molecule has 0 bridgehead atoms. The first-order valence-corrected chi connectivity index (χ1v) is 9.66. The quantitative estimate of drug-likeness (QED) is 0.495. The zero-order chi connectivity index (χ0) is 19.7. The fourth-order valence-electron chi connectivity index (χ4n) is 2.50. The molecule has 0 atom stereocenters. The van der Waals surface area contributed by atoms with E-state index in [4.69, 9.17) is 27.6 Å². The lowest BCUT2D eigenvalue weighted by Gasteiger charge is -2.00. The topological polar surface area (TPSA) is 54.6 Å². The number of amides is 1. The molecule has 3 aromatic rings. The van der Waals surface area contributed by atoms with E-state index in [-0.39, 0.29) is 11.7 Å². The molecule has 2 aromatic carbocycles. The number of benzene rings is 2. The molecule has 1 amide bonds. The normalized spacial score (nSPS) is 16.8. The Kier molecular flexibility index (Phi) is 5.26. The number of nitrogens with one attached hydrogen (secondary N) is 1. The molecule has 1 N–H and O–H groups in total. The third kappa shape index (κ3) is 3.99. The summed E-state index contributed by atoms with van der Waals surface area (Å²) < 4.78 is 18.8. The van der Waals surface area contributed by atoms with Crippen LogP contribution >= 0.6 is 35.0 Å². The third-order valence-corrected chi connectivity index (χ3v) is 5.55. The van der Waals surface area contributed by atoms with Gasteiger partial charge in [0.25, 0.3) is 5.91 Å². The van der Waals surface area contributed by atoms with E-state index >= 15 is 0 Å². The predicted octanol–water partition coefficient (Wildman–Crippen LogP) is 6.28. The molecule has 0 spiro atoms. The highest BCUT2D eigenvalue weighted by atomic mass is 35.5. The Labute approximate surface area is 174 Å². The number of carbonyl (C=O) groups excluding carboxylic acids is 1. The first-order chi connectivity index (χ1) is 13.5. The zero-order valence-corrected chi connectivity index (χ0v) is 16.4. The van der Waals surface area contributed by atoms with Crippen molar-refractivity contribution >= 4 is 57.8 Å². The molecule has 0 unspecified atom stereocenters. The first kappa shape index (κ1) is 18.8. The van der Waals surface area contributed by atoms with Crippen molar-refractivity contribution in [3.8, 4) is 11.3 Å². The lowest BCUT2D eigenvalue weighted by atomic mass is 10.2. The van der Waals surface area contributed by atoms with Gasteiger partial charge in [-0.2, -0.15) is 0 Å². The average Bonchev–Trinajstić information content (AvgIpc) is 3.27. The van der Waals surface area contributed by atoms with E-state index in [2.05, 4.69) is 10.3 Å². The molecule has 1 aliphatic heterocycles. The van der Waals surface area contributed by atoms with Gasteiger partial charge in [-0.25, -0.2) is 9.38 Å². The number of thioether (sulfide) groups is 1. The summed E-state index contributed by atoms with van der Waals surface area (Å²) in [6.07, 6.45) is 1.62. The van der Waals surface area contributed by atoms with Crippen molar-refractivity contribution in [2.24, 2.45) is 4.99 Å². The fraction of sp³-hybridized carbons (Fsp3) is 0. The van der Waals surface area contributed by atoms with E-state index < -0.39 is 0 Å². The molecule has 140 valence electrons. The largest absolute Gasteiger partial charge is 0.457 e. The van der Waals surface area contributed by atoms with Crippen LogP contribution in [0.25, 0.3) is 17.4 Å². The molecule has 0 saturated carbocycles. The van der Waals surface area contributed by atoms with Gasteiger partial charge in [0.1, 0.15) is 17.3 Å². The molecule has 1 saturated heterocycles. The Morgan fingerprint density at radius 3 is 2.64 bits per heavy atom. The molecule has 1 aliphatic rings. The summed E-state index contributed by atoms with van der Waals surface area (Å²) in [4.78, 5) is 17.0. The molecule has 1 aromatic heterocycles. The number of furan rings is 1. The van der Waals surface area contributed by atoms with Crippen LogP contribution in [0, 0.1) is 5.82 Å². The van der Waals surface area contributed by atoms with Gasteiger partial charge in [-0.05, 0) is 60.3 Å². The Morgan fingerprint density at radius 2 is 1.86 bits per heavy atom. The van der Waals surface area contributed by atoms with Crippen molar-refractivity contribution in [3.05, 3.63) is 81.1 Å². The maximum absolute atomic E-state index is 13.0. The Balaban J connectivity index is 1.56. The molecule has 2 heterocycles. The first-order valence-electron chi connectivity index (χ1n) is 8.09. The van der Waals surface area contributed by atoms with E-state index in [0.29, 0.717) is 37.3 Å². The monoisotopic (exact) mass is 432 g/mol. The van der Waals surface area contributed by atoms with Gasteiger partial charge >= 0.3 is 0 Å². The van der Waals surface area contributed by atoms with Crippen LogP contribution in [-0.4, -0.2) is 11.1 Å². The van der Waals surface area contributed by atoms with E-state index in [1.54, 1.807) is 48.5 Å². The van der Waals surface area contributed by atoms with Crippen molar-refractivity contribution < 1.29 is 13.6 Å². The number of nitrogens with zero attached hydrogens (tertiary/aromatic N) is 1. The van der Waals surface area contributed by atoms with Gasteiger partial charge in [-0.1, -0.05) is 29.3 Å². The van der Waals surface area contributed by atoms with E-state index in [1.807, 2.05) is 0 Å². The van der Waals surface area contributed by atoms with Crippen LogP contribution in [0.4, 0.5) is 10.1 Å². The highest BCUT2D eigenvalue weighted by Crippen LogP contribution is 2.35. The highest BCUT2D eigenvalue weighted by Gasteiger charge is 2.24. The predicted molar refractivity (Wildman–Crippen MR) is 111 cm³/mol. The van der Waals surface area contributed by atoms with Gasteiger partial charge in [-0.3, -0.25) is 4.79 Å². The Morgan fingerprint density at radius 1 is 1.07 bits per heavy atom. The van der Waals surface area contributed by atoms with Crippen LogP contribution in [0.2, 0.25) is 10.0 Å². The number of rotatable bonds is 3. The van der Waals surface area contributed by atoms with Crippen molar-refractivity contribution in [2.45, 2.75) is 0 Å². The molecule has 0 radical (unpaired) electrons. The minimum absolute atomic E-state index is 0.290. The van der Waals surface area contributed by atoms with Gasteiger partial charge in [0, 0.05) is 11.6 Å². The molecular formula is C20H11Cl2FN2O2S. The van der Waals surface area contributed by atoms with Gasteiger partial charge in [0.05, 0.1) is 20.6 Å². The van der Waals surface area contributed by atoms with Gasteiger partial charge in [0.2, 0.25) is 0 Å². The number of hydrogen-bond acceptors (Lipinski definition) is 4. The number of carbonyl (C=O) groups is 1. The standard InChI is InChI=1S/C20H11Cl2FN2O2S/c21-14-2-1-3-15(18(14)22)24-20-25-19(26)17(28-20)10-13-8-9-16(27-13)11-4-6-12(23)7-5-11/h1-10H,(H,24,25,26)/b17-10-. The fourth-order valence-corrected chi connectivity index (χ4v) is 3.65. The van der Waals surface area contributed by atoms with Crippen LogP contribution in [0.15, 0.2) is 68.9 Å². The van der Waals surface area contributed by atoms with Crippen molar-refractivity contribution in [2.75, 3.05) is 0 Å².